The van der Waals surface area contributed by atoms with Crippen LogP contribution in [0.2, 0.25) is 0 Å². The minimum Gasteiger partial charge on any atom is -0.341 e. The molecule has 2 aliphatic rings. The minimum atomic E-state index is -3.41. The highest BCUT2D eigenvalue weighted by Crippen LogP contribution is 2.21. The molecule has 2 fully saturated rings. The zero-order chi connectivity index (χ0) is 18.6. The maximum Gasteiger partial charge on any atom is 0.243 e. The molecule has 152 valence electrons. The second-order valence-electron chi connectivity index (χ2n) is 7.25. The Labute approximate surface area is 168 Å². The topological polar surface area (TPSA) is 69.7 Å². The van der Waals surface area contributed by atoms with Crippen LogP contribution < -0.4 is 5.32 Å². The lowest BCUT2D eigenvalue weighted by Crippen LogP contribution is -2.47. The van der Waals surface area contributed by atoms with E-state index in [2.05, 4.69) is 5.32 Å². The van der Waals surface area contributed by atoms with Gasteiger partial charge in [0.2, 0.25) is 15.9 Å². The van der Waals surface area contributed by atoms with Gasteiger partial charge in [-0.05, 0) is 50.4 Å². The van der Waals surface area contributed by atoms with Gasteiger partial charge in [0.25, 0.3) is 0 Å². The standard InChI is InChI=1S/C19H29N3O3S.ClH/c1-20-17-6-5-11-21(15-17)19(23)14-16-7-9-18(10-8-16)26(24,25)22-12-3-2-4-13-22;/h7-10,17,20H,2-6,11-15H2,1H3;1H. The van der Waals surface area contributed by atoms with E-state index in [-0.39, 0.29) is 18.3 Å². The molecule has 1 amide bonds. The van der Waals surface area contributed by atoms with Crippen LogP contribution in [0.5, 0.6) is 0 Å². The summed E-state index contributed by atoms with van der Waals surface area (Å²) in [6.07, 6.45) is 5.39. The van der Waals surface area contributed by atoms with Gasteiger partial charge in [-0.1, -0.05) is 18.6 Å². The van der Waals surface area contributed by atoms with E-state index in [1.807, 2.05) is 11.9 Å². The van der Waals surface area contributed by atoms with Crippen LogP contribution in [-0.2, 0) is 21.2 Å². The van der Waals surface area contributed by atoms with Crippen LogP contribution in [-0.4, -0.2) is 62.8 Å². The van der Waals surface area contributed by atoms with Crippen molar-refractivity contribution in [3.05, 3.63) is 29.8 Å². The van der Waals surface area contributed by atoms with Gasteiger partial charge in [-0.2, -0.15) is 4.31 Å². The van der Waals surface area contributed by atoms with E-state index in [9.17, 15) is 13.2 Å². The van der Waals surface area contributed by atoms with Crippen LogP contribution >= 0.6 is 12.4 Å². The van der Waals surface area contributed by atoms with Crippen molar-refractivity contribution in [2.24, 2.45) is 0 Å². The second kappa shape index (κ2) is 9.87. The largest absolute Gasteiger partial charge is 0.341 e. The Morgan fingerprint density at radius 3 is 2.37 bits per heavy atom. The number of rotatable bonds is 5. The molecule has 0 bridgehead atoms. The SMILES string of the molecule is CNC1CCCN(C(=O)Cc2ccc(S(=O)(=O)N3CCCCC3)cc2)C1.Cl. The zero-order valence-electron chi connectivity index (χ0n) is 15.9. The number of hydrogen-bond donors (Lipinski definition) is 1. The molecule has 2 aliphatic heterocycles. The fourth-order valence-electron chi connectivity index (χ4n) is 3.76. The molecule has 1 aromatic rings. The Hall–Kier alpha value is -1.15. The van der Waals surface area contributed by atoms with Crippen molar-refractivity contribution in [1.82, 2.24) is 14.5 Å². The number of nitrogens with one attached hydrogen (secondary N) is 1. The van der Waals surface area contributed by atoms with Crippen molar-refractivity contribution in [3.63, 3.8) is 0 Å². The van der Waals surface area contributed by atoms with Gasteiger partial charge in [-0.3, -0.25) is 4.79 Å². The molecule has 0 spiro atoms. The van der Waals surface area contributed by atoms with Crippen LogP contribution in [0.3, 0.4) is 0 Å². The van der Waals surface area contributed by atoms with Gasteiger partial charge in [0.1, 0.15) is 0 Å². The normalized spacial score (nSPS) is 21.5. The fourth-order valence-corrected chi connectivity index (χ4v) is 5.28. The predicted molar refractivity (Wildman–Crippen MR) is 109 cm³/mol. The molecular formula is C19H30ClN3O3S. The first kappa shape index (κ1) is 22.1. The summed E-state index contributed by atoms with van der Waals surface area (Å²) in [5.74, 6) is 0.108. The van der Waals surface area contributed by atoms with Crippen LogP contribution in [0, 0.1) is 0 Å². The van der Waals surface area contributed by atoms with Gasteiger partial charge in [-0.25, -0.2) is 8.42 Å². The van der Waals surface area contributed by atoms with Gasteiger partial charge in [0.05, 0.1) is 11.3 Å². The Balaban J connectivity index is 0.00000261. The third kappa shape index (κ3) is 5.44. The Kier molecular flexibility index (Phi) is 8.09. The molecule has 1 aromatic carbocycles. The van der Waals surface area contributed by atoms with Gasteiger partial charge >= 0.3 is 0 Å². The monoisotopic (exact) mass is 415 g/mol. The fraction of sp³-hybridized carbons (Fsp3) is 0.632. The van der Waals surface area contributed by atoms with Crippen molar-refractivity contribution in [1.29, 1.82) is 0 Å². The molecule has 2 heterocycles. The first-order chi connectivity index (χ1) is 12.5. The number of likely N-dealkylation sites (tertiary alicyclic amines) is 1. The van der Waals surface area contributed by atoms with Crippen molar-refractivity contribution in [2.45, 2.75) is 49.5 Å². The molecule has 0 radical (unpaired) electrons. The Bertz CT molecular complexity index is 718. The van der Waals surface area contributed by atoms with E-state index >= 15 is 0 Å². The molecule has 8 heteroatoms. The molecule has 0 saturated carbocycles. The average Bonchev–Trinajstić information content (AvgIpc) is 2.69. The number of sulfonamides is 1. The summed E-state index contributed by atoms with van der Waals surface area (Å²) in [7, 11) is -1.48. The van der Waals surface area contributed by atoms with Gasteiger partial charge < -0.3 is 10.2 Å². The molecule has 3 rings (SSSR count). The number of hydrogen-bond acceptors (Lipinski definition) is 4. The number of piperidine rings is 2. The highest BCUT2D eigenvalue weighted by Gasteiger charge is 2.26. The first-order valence-corrected chi connectivity index (χ1v) is 11.0. The number of carbonyl (C=O) groups is 1. The van der Waals surface area contributed by atoms with Gasteiger partial charge in [-0.15, -0.1) is 12.4 Å². The number of halogens is 1. The average molecular weight is 416 g/mol. The summed E-state index contributed by atoms with van der Waals surface area (Å²) < 4.78 is 26.9. The first-order valence-electron chi connectivity index (χ1n) is 9.55. The van der Waals surface area contributed by atoms with E-state index in [1.165, 1.54) is 0 Å². The maximum atomic E-state index is 12.7. The van der Waals surface area contributed by atoms with E-state index in [0.717, 1.165) is 50.8 Å². The number of amides is 1. The van der Waals surface area contributed by atoms with Crippen molar-refractivity contribution in [2.75, 3.05) is 33.2 Å². The predicted octanol–water partition coefficient (Wildman–Crippen LogP) is 2.04. The molecule has 0 aromatic heterocycles. The van der Waals surface area contributed by atoms with Gasteiger partial charge in [0, 0.05) is 32.2 Å². The number of benzene rings is 1. The summed E-state index contributed by atoms with van der Waals surface area (Å²) in [6.45, 7) is 2.75. The maximum absolute atomic E-state index is 12.7. The van der Waals surface area contributed by atoms with Crippen molar-refractivity contribution < 1.29 is 13.2 Å². The molecule has 0 aliphatic carbocycles. The lowest BCUT2D eigenvalue weighted by molar-refractivity contribution is -0.131. The molecule has 1 N–H and O–H groups in total. The van der Waals surface area contributed by atoms with Crippen LogP contribution in [0.1, 0.15) is 37.7 Å². The second-order valence-corrected chi connectivity index (χ2v) is 9.19. The van der Waals surface area contributed by atoms with Crippen LogP contribution in [0.15, 0.2) is 29.2 Å². The summed E-state index contributed by atoms with van der Waals surface area (Å²) in [5, 5.41) is 3.24. The number of carbonyl (C=O) groups excluding carboxylic acids is 1. The summed E-state index contributed by atoms with van der Waals surface area (Å²) in [5.41, 5.74) is 0.860. The molecule has 1 atom stereocenters. The summed E-state index contributed by atoms with van der Waals surface area (Å²) >= 11 is 0. The number of likely N-dealkylation sites (N-methyl/N-ethyl adjacent to an activating group) is 1. The summed E-state index contributed by atoms with van der Waals surface area (Å²) in [4.78, 5) is 14.8. The smallest absolute Gasteiger partial charge is 0.243 e. The third-order valence-corrected chi connectivity index (χ3v) is 7.33. The summed E-state index contributed by atoms with van der Waals surface area (Å²) in [6, 6.07) is 7.19. The van der Waals surface area contributed by atoms with Crippen molar-refractivity contribution in [3.8, 4) is 0 Å². The van der Waals surface area contributed by atoms with E-state index in [1.54, 1.807) is 28.6 Å². The van der Waals surface area contributed by atoms with E-state index in [0.29, 0.717) is 30.4 Å². The lowest BCUT2D eigenvalue weighted by atomic mass is 10.0. The van der Waals surface area contributed by atoms with E-state index < -0.39 is 10.0 Å². The molecule has 1 unspecified atom stereocenters. The van der Waals surface area contributed by atoms with Crippen LogP contribution in [0.4, 0.5) is 0 Å². The molecule has 6 nitrogen and oxygen atoms in total. The Morgan fingerprint density at radius 2 is 1.74 bits per heavy atom. The number of nitrogens with zero attached hydrogens (tertiary/aromatic N) is 2. The molecular weight excluding hydrogens is 386 g/mol. The zero-order valence-corrected chi connectivity index (χ0v) is 17.5. The molecule has 2 saturated heterocycles. The Morgan fingerprint density at radius 1 is 1.07 bits per heavy atom. The lowest BCUT2D eigenvalue weighted by Gasteiger charge is -2.32. The van der Waals surface area contributed by atoms with E-state index in [4.69, 9.17) is 0 Å². The minimum absolute atomic E-state index is 0. The van der Waals surface area contributed by atoms with Gasteiger partial charge in [0.15, 0.2) is 0 Å². The van der Waals surface area contributed by atoms with Crippen molar-refractivity contribution >= 4 is 28.3 Å². The van der Waals surface area contributed by atoms with Crippen LogP contribution in [0.25, 0.3) is 0 Å². The third-order valence-electron chi connectivity index (χ3n) is 5.41. The quantitative estimate of drug-likeness (QED) is 0.798. The molecule has 27 heavy (non-hydrogen) atoms. The highest BCUT2D eigenvalue weighted by atomic mass is 35.5. The highest BCUT2D eigenvalue weighted by molar-refractivity contribution is 7.89.